The van der Waals surface area contributed by atoms with Crippen LogP contribution >= 0.6 is 0 Å². The van der Waals surface area contributed by atoms with E-state index in [1.54, 1.807) is 48.2 Å². The highest BCUT2D eigenvalue weighted by Gasteiger charge is 2.48. The minimum atomic E-state index is -0.744. The van der Waals surface area contributed by atoms with Gasteiger partial charge in [-0.15, -0.1) is 0 Å². The number of ether oxygens (including phenoxy) is 2. The number of likely N-dealkylation sites (N-methyl/N-ethyl adjacent to an activating group) is 1. The lowest BCUT2D eigenvalue weighted by Crippen LogP contribution is -2.56. The second kappa shape index (κ2) is 15.9. The highest BCUT2D eigenvalue weighted by molar-refractivity contribution is 5.96. The molecule has 260 valence electrons. The Morgan fingerprint density at radius 3 is 2.35 bits per heavy atom. The molecular weight excluding hydrogens is 624 g/mol. The highest BCUT2D eigenvalue weighted by atomic mass is 16.5. The number of nitrogens with zero attached hydrogens (tertiary/aromatic N) is 4. The largest absolute Gasteiger partial charge is 0.493 e. The summed E-state index contributed by atoms with van der Waals surface area (Å²) in [7, 11) is 3.08. The van der Waals surface area contributed by atoms with Crippen molar-refractivity contribution in [3.05, 3.63) is 83.4 Å². The Bertz CT molecular complexity index is 1650. The van der Waals surface area contributed by atoms with Gasteiger partial charge in [-0.3, -0.25) is 24.2 Å². The van der Waals surface area contributed by atoms with E-state index in [4.69, 9.17) is 9.47 Å². The SMILES string of the molecule is CNC(=O)[C@H](CCCc1ccccc1)NC(=O)C1CN(C(=O)c2cncc(C)n2)CC2CN(C(=O)c3ccc(OC(C)C)c(OC)c3)CC21. The predicted octanol–water partition coefficient (Wildman–Crippen LogP) is 3.29. The Morgan fingerprint density at radius 1 is 0.939 bits per heavy atom. The maximum atomic E-state index is 14.1. The average Bonchev–Trinajstić information content (AvgIpc) is 3.54. The van der Waals surface area contributed by atoms with Gasteiger partial charge in [0.05, 0.1) is 31.0 Å². The second-order valence-electron chi connectivity index (χ2n) is 13.1. The number of methoxy groups -OCH3 is 1. The summed E-state index contributed by atoms with van der Waals surface area (Å²) >= 11 is 0. The standard InChI is InChI=1S/C37H46N6O6/c1-23(2)49-32-15-14-26(16-33(32)48-5)36(46)42-19-27-20-43(37(47)31-18-39-17-24(3)40-31)22-29(28(27)21-42)34(44)41-30(35(45)38-4)13-9-12-25-10-7-6-8-11-25/h6-8,10-11,14-18,23,27-30H,9,12-13,19-22H2,1-5H3,(H,38,45)(H,41,44)/t27?,28?,29?,30-/m0/s1. The number of aryl methyl sites for hydroxylation is 2. The van der Waals surface area contributed by atoms with Gasteiger partial charge in [0.1, 0.15) is 11.7 Å². The van der Waals surface area contributed by atoms with Gasteiger partial charge in [-0.25, -0.2) is 4.98 Å². The molecule has 0 bridgehead atoms. The summed E-state index contributed by atoms with van der Waals surface area (Å²) in [6.45, 7) is 6.77. The second-order valence-corrected chi connectivity index (χ2v) is 13.1. The Kier molecular flexibility index (Phi) is 11.5. The van der Waals surface area contributed by atoms with E-state index in [-0.39, 0.29) is 53.8 Å². The maximum Gasteiger partial charge on any atom is 0.274 e. The van der Waals surface area contributed by atoms with Crippen molar-refractivity contribution in [3.63, 3.8) is 0 Å². The first kappa shape index (κ1) is 35.3. The smallest absolute Gasteiger partial charge is 0.274 e. The fourth-order valence-corrected chi connectivity index (χ4v) is 6.82. The molecule has 2 fully saturated rings. The molecule has 2 N–H and O–H groups in total. The summed E-state index contributed by atoms with van der Waals surface area (Å²) < 4.78 is 11.3. The van der Waals surface area contributed by atoms with Crippen LogP contribution in [-0.2, 0) is 16.0 Å². The van der Waals surface area contributed by atoms with Gasteiger partial charge >= 0.3 is 0 Å². The zero-order valence-corrected chi connectivity index (χ0v) is 28.8. The number of hydrogen-bond donors (Lipinski definition) is 2. The molecule has 0 saturated carbocycles. The van der Waals surface area contributed by atoms with Crippen molar-refractivity contribution < 1.29 is 28.7 Å². The first-order chi connectivity index (χ1) is 23.6. The first-order valence-corrected chi connectivity index (χ1v) is 16.9. The molecule has 12 nitrogen and oxygen atoms in total. The maximum absolute atomic E-state index is 14.1. The lowest BCUT2D eigenvalue weighted by atomic mass is 9.79. The number of carbonyl (C=O) groups is 4. The van der Waals surface area contributed by atoms with Crippen LogP contribution in [0, 0.1) is 24.7 Å². The molecule has 2 aromatic carbocycles. The summed E-state index contributed by atoms with van der Waals surface area (Å²) in [6.07, 6.45) is 4.85. The number of benzene rings is 2. The fraction of sp³-hybridized carbons (Fsp3) is 0.459. The Hall–Kier alpha value is -5.00. The number of nitrogens with one attached hydrogen (secondary N) is 2. The molecule has 4 amide bonds. The van der Waals surface area contributed by atoms with Crippen LogP contribution in [0.25, 0.3) is 0 Å². The summed E-state index contributed by atoms with van der Waals surface area (Å²) in [4.78, 5) is 66.5. The molecule has 2 aliphatic heterocycles. The summed E-state index contributed by atoms with van der Waals surface area (Å²) in [5.74, 6) is -1.17. The number of piperidine rings is 1. The van der Waals surface area contributed by atoms with Gasteiger partial charge in [-0.1, -0.05) is 30.3 Å². The Balaban J connectivity index is 1.36. The van der Waals surface area contributed by atoms with Crippen LogP contribution in [0.15, 0.2) is 60.9 Å². The van der Waals surface area contributed by atoms with Gasteiger partial charge in [0.2, 0.25) is 11.8 Å². The molecular formula is C37H46N6O6. The van der Waals surface area contributed by atoms with Crippen molar-refractivity contribution in [3.8, 4) is 11.5 Å². The van der Waals surface area contributed by atoms with Crippen molar-refractivity contribution in [2.45, 2.75) is 52.2 Å². The summed E-state index contributed by atoms with van der Waals surface area (Å²) in [6, 6.07) is 14.4. The van der Waals surface area contributed by atoms with Crippen molar-refractivity contribution in [1.82, 2.24) is 30.4 Å². The third-order valence-corrected chi connectivity index (χ3v) is 9.22. The average molecular weight is 671 g/mol. The quantitative estimate of drug-likeness (QED) is 0.299. The molecule has 5 rings (SSSR count). The molecule has 49 heavy (non-hydrogen) atoms. The van der Waals surface area contributed by atoms with Crippen molar-refractivity contribution >= 4 is 23.6 Å². The molecule has 0 spiro atoms. The number of likely N-dealkylation sites (tertiary alicyclic amines) is 2. The number of rotatable bonds is 12. The third kappa shape index (κ3) is 8.54. The van der Waals surface area contributed by atoms with Gasteiger partial charge < -0.3 is 29.9 Å². The number of hydrogen-bond acceptors (Lipinski definition) is 8. The fourth-order valence-electron chi connectivity index (χ4n) is 6.82. The lowest BCUT2D eigenvalue weighted by Gasteiger charge is -2.39. The molecule has 12 heteroatoms. The number of fused-ring (bicyclic) bond motifs is 1. The summed E-state index contributed by atoms with van der Waals surface area (Å²) in [5, 5.41) is 5.69. The molecule has 2 aliphatic rings. The van der Waals surface area contributed by atoms with E-state index in [9.17, 15) is 19.2 Å². The minimum Gasteiger partial charge on any atom is -0.493 e. The van der Waals surface area contributed by atoms with E-state index in [1.807, 2.05) is 44.2 Å². The molecule has 0 radical (unpaired) electrons. The van der Waals surface area contributed by atoms with Gasteiger partial charge in [-0.05, 0) is 75.6 Å². The van der Waals surface area contributed by atoms with Gasteiger partial charge in [-0.2, -0.15) is 0 Å². The van der Waals surface area contributed by atoms with Crippen molar-refractivity contribution in [2.24, 2.45) is 17.8 Å². The Labute approximate surface area is 287 Å². The van der Waals surface area contributed by atoms with Crippen LogP contribution in [0.5, 0.6) is 11.5 Å². The van der Waals surface area contributed by atoms with Crippen LogP contribution in [-0.4, -0.2) is 95.9 Å². The molecule has 4 atom stereocenters. The summed E-state index contributed by atoms with van der Waals surface area (Å²) in [5.41, 5.74) is 2.40. The molecule has 2 saturated heterocycles. The number of carbonyl (C=O) groups excluding carboxylic acids is 4. The van der Waals surface area contributed by atoms with Crippen LogP contribution < -0.4 is 20.1 Å². The highest BCUT2D eigenvalue weighted by Crippen LogP contribution is 2.37. The van der Waals surface area contributed by atoms with Crippen LogP contribution in [0.1, 0.15) is 58.8 Å². The normalized spacial score (nSPS) is 19.2. The number of amides is 4. The molecule has 3 unspecified atom stereocenters. The van der Waals surface area contributed by atoms with E-state index in [0.717, 1.165) is 12.0 Å². The zero-order valence-electron chi connectivity index (χ0n) is 28.8. The minimum absolute atomic E-state index is 0.0662. The van der Waals surface area contributed by atoms with E-state index in [1.165, 1.54) is 13.3 Å². The monoisotopic (exact) mass is 670 g/mol. The molecule has 1 aromatic heterocycles. The van der Waals surface area contributed by atoms with E-state index >= 15 is 0 Å². The predicted molar refractivity (Wildman–Crippen MR) is 183 cm³/mol. The van der Waals surface area contributed by atoms with Crippen molar-refractivity contribution in [2.75, 3.05) is 40.3 Å². The molecule has 3 heterocycles. The Morgan fingerprint density at radius 2 is 1.67 bits per heavy atom. The van der Waals surface area contributed by atoms with Crippen LogP contribution in [0.4, 0.5) is 0 Å². The topological polar surface area (TPSA) is 143 Å². The van der Waals surface area contributed by atoms with Gasteiger partial charge in [0.15, 0.2) is 11.5 Å². The molecule has 0 aliphatic carbocycles. The first-order valence-electron chi connectivity index (χ1n) is 16.9. The third-order valence-electron chi connectivity index (χ3n) is 9.22. The van der Waals surface area contributed by atoms with E-state index in [0.29, 0.717) is 55.2 Å². The van der Waals surface area contributed by atoms with E-state index < -0.39 is 12.0 Å². The van der Waals surface area contributed by atoms with Crippen LogP contribution in [0.3, 0.4) is 0 Å². The number of aromatic nitrogens is 2. The van der Waals surface area contributed by atoms with E-state index in [2.05, 4.69) is 20.6 Å². The zero-order chi connectivity index (χ0) is 35.1. The van der Waals surface area contributed by atoms with Crippen molar-refractivity contribution in [1.29, 1.82) is 0 Å². The van der Waals surface area contributed by atoms with Gasteiger partial charge in [0.25, 0.3) is 11.8 Å². The molecule has 3 aromatic rings. The van der Waals surface area contributed by atoms with Gasteiger partial charge in [0, 0.05) is 45.0 Å². The van der Waals surface area contributed by atoms with Crippen LogP contribution in [0.2, 0.25) is 0 Å². The lowest BCUT2D eigenvalue weighted by molar-refractivity contribution is -0.133.